The second-order valence-electron chi connectivity index (χ2n) is 5.48. The molecule has 0 radical (unpaired) electrons. The van der Waals surface area contributed by atoms with E-state index in [2.05, 4.69) is 52.6 Å². The van der Waals surface area contributed by atoms with Crippen LogP contribution in [0.4, 0.5) is 0 Å². The maximum absolute atomic E-state index is 3.55. The molecule has 0 aliphatic heterocycles. The Kier molecular flexibility index (Phi) is 5.71. The first-order chi connectivity index (χ1) is 8.79. The minimum atomic E-state index is 0.643. The van der Waals surface area contributed by atoms with E-state index in [9.17, 15) is 0 Å². The van der Waals surface area contributed by atoms with Gasteiger partial charge in [0.2, 0.25) is 0 Å². The molecular weight excluding hydrogens is 286 g/mol. The van der Waals surface area contributed by atoms with E-state index >= 15 is 0 Å². The Hall–Kier alpha value is -0.340. The molecule has 1 atom stereocenters. The number of likely N-dealkylation sites (N-methyl/N-ethyl adjacent to an activating group) is 1. The zero-order chi connectivity index (χ0) is 12.8. The normalized spacial score (nSPS) is 19.4. The summed E-state index contributed by atoms with van der Waals surface area (Å²) in [5, 5.41) is 3.55. The monoisotopic (exact) mass is 309 g/mol. The molecule has 1 unspecified atom stereocenters. The van der Waals surface area contributed by atoms with Crippen LogP contribution in [0.1, 0.15) is 44.1 Å². The highest BCUT2D eigenvalue weighted by molar-refractivity contribution is 9.10. The van der Waals surface area contributed by atoms with Gasteiger partial charge in [0, 0.05) is 10.5 Å². The first kappa shape index (κ1) is 14.1. The zero-order valence-electron chi connectivity index (χ0n) is 11.3. The topological polar surface area (TPSA) is 12.0 Å². The summed E-state index contributed by atoms with van der Waals surface area (Å²) in [6.07, 6.45) is 9.68. The van der Waals surface area contributed by atoms with Crippen molar-refractivity contribution in [2.24, 2.45) is 5.92 Å². The third-order valence-corrected chi connectivity index (χ3v) is 4.74. The number of hydrogen-bond acceptors (Lipinski definition) is 1. The molecule has 1 saturated carbocycles. The highest BCUT2D eigenvalue weighted by Gasteiger charge is 2.21. The molecule has 18 heavy (non-hydrogen) atoms. The summed E-state index contributed by atoms with van der Waals surface area (Å²) in [4.78, 5) is 0. The second-order valence-corrected chi connectivity index (χ2v) is 6.39. The van der Waals surface area contributed by atoms with Gasteiger partial charge in [-0.15, -0.1) is 0 Å². The minimum Gasteiger partial charge on any atom is -0.316 e. The van der Waals surface area contributed by atoms with Crippen LogP contribution in [0.2, 0.25) is 0 Å². The van der Waals surface area contributed by atoms with Crippen LogP contribution in [-0.4, -0.2) is 13.1 Å². The molecular formula is C16H24BrN. The largest absolute Gasteiger partial charge is 0.316 e. The summed E-state index contributed by atoms with van der Waals surface area (Å²) in [7, 11) is 2.12. The van der Waals surface area contributed by atoms with Crippen LogP contribution < -0.4 is 5.32 Å². The highest BCUT2D eigenvalue weighted by Crippen LogP contribution is 2.27. The number of benzene rings is 1. The average Bonchev–Trinajstić information content (AvgIpc) is 2.67. The van der Waals surface area contributed by atoms with Gasteiger partial charge in [0.05, 0.1) is 0 Å². The van der Waals surface area contributed by atoms with Crippen molar-refractivity contribution in [2.45, 2.75) is 51.0 Å². The molecule has 0 spiro atoms. The van der Waals surface area contributed by atoms with Crippen molar-refractivity contribution in [1.29, 1.82) is 0 Å². The number of nitrogens with one attached hydrogen (secondary N) is 1. The fourth-order valence-electron chi connectivity index (χ4n) is 3.09. The van der Waals surface area contributed by atoms with Gasteiger partial charge in [0.1, 0.15) is 0 Å². The molecule has 1 fully saturated rings. The van der Waals surface area contributed by atoms with Crippen LogP contribution in [0.5, 0.6) is 0 Å². The lowest BCUT2D eigenvalue weighted by molar-refractivity contribution is 0.332. The lowest BCUT2D eigenvalue weighted by Crippen LogP contribution is -2.35. The predicted octanol–water partition coefficient (Wildman–Crippen LogP) is 4.55. The second kappa shape index (κ2) is 7.30. The first-order valence-electron chi connectivity index (χ1n) is 7.21. The van der Waals surface area contributed by atoms with Gasteiger partial charge in [-0.05, 0) is 49.9 Å². The van der Waals surface area contributed by atoms with E-state index in [0.717, 1.165) is 12.3 Å². The molecule has 0 bridgehead atoms. The van der Waals surface area contributed by atoms with Crippen molar-refractivity contribution >= 4 is 15.9 Å². The maximum Gasteiger partial charge on any atom is 0.0175 e. The molecule has 1 aromatic rings. The molecule has 2 heteroatoms. The van der Waals surface area contributed by atoms with Gasteiger partial charge in [0.15, 0.2) is 0 Å². The fourth-order valence-corrected chi connectivity index (χ4v) is 3.36. The third kappa shape index (κ3) is 4.10. The van der Waals surface area contributed by atoms with Gasteiger partial charge in [0.25, 0.3) is 0 Å². The smallest absolute Gasteiger partial charge is 0.0175 e. The minimum absolute atomic E-state index is 0.643. The molecule has 100 valence electrons. The summed E-state index contributed by atoms with van der Waals surface area (Å²) >= 11 is 3.50. The molecule has 2 rings (SSSR count). The van der Waals surface area contributed by atoms with Crippen LogP contribution in [0.15, 0.2) is 28.7 Å². The number of hydrogen-bond donors (Lipinski definition) is 1. The lowest BCUT2D eigenvalue weighted by Gasteiger charge is -2.26. The Labute approximate surface area is 119 Å². The van der Waals surface area contributed by atoms with E-state index in [1.54, 1.807) is 0 Å². The van der Waals surface area contributed by atoms with Crippen LogP contribution >= 0.6 is 15.9 Å². The Morgan fingerprint density at radius 3 is 2.28 bits per heavy atom. The SMILES string of the molecule is CNC(Cc1ccc(Br)cc1)C1CCCCCC1. The van der Waals surface area contributed by atoms with Crippen molar-refractivity contribution in [3.63, 3.8) is 0 Å². The molecule has 1 aliphatic rings. The third-order valence-electron chi connectivity index (χ3n) is 4.21. The average molecular weight is 310 g/mol. The Bertz CT molecular complexity index is 339. The molecule has 1 N–H and O–H groups in total. The van der Waals surface area contributed by atoms with Crippen LogP contribution in [0.25, 0.3) is 0 Å². The van der Waals surface area contributed by atoms with Gasteiger partial charge < -0.3 is 5.32 Å². The summed E-state index contributed by atoms with van der Waals surface area (Å²) < 4.78 is 1.17. The van der Waals surface area contributed by atoms with Crippen LogP contribution in [0, 0.1) is 5.92 Å². The van der Waals surface area contributed by atoms with Crippen molar-refractivity contribution in [1.82, 2.24) is 5.32 Å². The van der Waals surface area contributed by atoms with E-state index < -0.39 is 0 Å². The van der Waals surface area contributed by atoms with Gasteiger partial charge in [-0.1, -0.05) is 53.7 Å². The highest BCUT2D eigenvalue weighted by atomic mass is 79.9. The van der Waals surface area contributed by atoms with Crippen LogP contribution in [-0.2, 0) is 6.42 Å². The quantitative estimate of drug-likeness (QED) is 0.805. The lowest BCUT2D eigenvalue weighted by atomic mass is 9.88. The molecule has 1 aromatic carbocycles. The molecule has 1 aliphatic carbocycles. The predicted molar refractivity (Wildman–Crippen MR) is 81.9 cm³/mol. The van der Waals surface area contributed by atoms with Gasteiger partial charge in [-0.2, -0.15) is 0 Å². The summed E-state index contributed by atoms with van der Waals surface area (Å²) in [5.41, 5.74) is 1.45. The molecule has 0 amide bonds. The zero-order valence-corrected chi connectivity index (χ0v) is 12.9. The van der Waals surface area contributed by atoms with E-state index in [1.807, 2.05) is 0 Å². The Morgan fingerprint density at radius 2 is 1.72 bits per heavy atom. The van der Waals surface area contributed by atoms with Gasteiger partial charge >= 0.3 is 0 Å². The summed E-state index contributed by atoms with van der Waals surface area (Å²) in [5.74, 6) is 0.862. The summed E-state index contributed by atoms with van der Waals surface area (Å²) in [6.45, 7) is 0. The Morgan fingerprint density at radius 1 is 1.11 bits per heavy atom. The van der Waals surface area contributed by atoms with Crippen molar-refractivity contribution in [2.75, 3.05) is 7.05 Å². The molecule has 0 aromatic heterocycles. The fraction of sp³-hybridized carbons (Fsp3) is 0.625. The molecule has 0 heterocycles. The van der Waals surface area contributed by atoms with Gasteiger partial charge in [-0.25, -0.2) is 0 Å². The van der Waals surface area contributed by atoms with Crippen molar-refractivity contribution in [3.05, 3.63) is 34.3 Å². The number of rotatable bonds is 4. The number of halogens is 1. The van der Waals surface area contributed by atoms with E-state index in [1.165, 1.54) is 48.6 Å². The maximum atomic E-state index is 3.55. The van der Waals surface area contributed by atoms with E-state index in [-0.39, 0.29) is 0 Å². The molecule has 1 nitrogen and oxygen atoms in total. The standard InChI is InChI=1S/C16H24BrN/c1-18-16(14-6-4-2-3-5-7-14)12-13-8-10-15(17)11-9-13/h8-11,14,16,18H,2-7,12H2,1H3. The van der Waals surface area contributed by atoms with Crippen LogP contribution in [0.3, 0.4) is 0 Å². The van der Waals surface area contributed by atoms with Crippen molar-refractivity contribution < 1.29 is 0 Å². The summed E-state index contributed by atoms with van der Waals surface area (Å²) in [6, 6.07) is 9.42. The molecule has 0 saturated heterocycles. The van der Waals surface area contributed by atoms with Crippen molar-refractivity contribution in [3.8, 4) is 0 Å². The van der Waals surface area contributed by atoms with E-state index in [0.29, 0.717) is 6.04 Å². The first-order valence-corrected chi connectivity index (χ1v) is 8.00. The van der Waals surface area contributed by atoms with E-state index in [4.69, 9.17) is 0 Å². The van der Waals surface area contributed by atoms with Gasteiger partial charge in [-0.3, -0.25) is 0 Å². The Balaban J connectivity index is 1.97.